The van der Waals surface area contributed by atoms with E-state index in [0.29, 0.717) is 16.3 Å². The van der Waals surface area contributed by atoms with Gasteiger partial charge in [-0.15, -0.1) is 0 Å². The van der Waals surface area contributed by atoms with Crippen LogP contribution < -0.4 is 5.32 Å². The monoisotopic (exact) mass is 359 g/mol. The van der Waals surface area contributed by atoms with Crippen molar-refractivity contribution in [3.8, 4) is 0 Å². The Morgan fingerprint density at radius 3 is 2.04 bits per heavy atom. The Kier molecular flexibility index (Phi) is 4.75. The van der Waals surface area contributed by atoms with Crippen molar-refractivity contribution in [2.75, 3.05) is 0 Å². The van der Waals surface area contributed by atoms with Crippen LogP contribution in [0.2, 0.25) is 0 Å². The molecule has 0 aromatic heterocycles. The first-order valence-corrected chi connectivity index (χ1v) is 10.0. The van der Waals surface area contributed by atoms with Gasteiger partial charge in [0, 0.05) is 18.0 Å². The fourth-order valence-corrected chi connectivity index (χ4v) is 4.39. The standard InChI is InChI=1S/C20H25NO3S/c1-14-4-8-16(9-5-14)25(23,24)17-10-6-15(7-11-17)13-21-18-12-19(22)20(18,2)3/h4-11,18-19,21-22H,12-13H2,1-3H3. The van der Waals surface area contributed by atoms with E-state index >= 15 is 0 Å². The van der Waals surface area contributed by atoms with Gasteiger partial charge in [-0.2, -0.15) is 0 Å². The Bertz CT molecular complexity index is 840. The molecule has 0 radical (unpaired) electrons. The maximum Gasteiger partial charge on any atom is 0.206 e. The summed E-state index contributed by atoms with van der Waals surface area (Å²) in [5.41, 5.74) is 1.94. The fraction of sp³-hybridized carbons (Fsp3) is 0.400. The number of nitrogens with one attached hydrogen (secondary N) is 1. The van der Waals surface area contributed by atoms with Crippen LogP contribution >= 0.6 is 0 Å². The molecule has 5 heteroatoms. The molecule has 25 heavy (non-hydrogen) atoms. The summed E-state index contributed by atoms with van der Waals surface area (Å²) in [6, 6.07) is 14.2. The van der Waals surface area contributed by atoms with E-state index in [1.54, 1.807) is 36.4 Å². The highest BCUT2D eigenvalue weighted by Gasteiger charge is 2.46. The molecule has 2 N–H and O–H groups in total. The smallest absolute Gasteiger partial charge is 0.206 e. The predicted molar refractivity (Wildman–Crippen MR) is 98.1 cm³/mol. The molecule has 0 bridgehead atoms. The summed E-state index contributed by atoms with van der Waals surface area (Å²) < 4.78 is 25.3. The van der Waals surface area contributed by atoms with Crippen molar-refractivity contribution >= 4 is 9.84 Å². The fourth-order valence-electron chi connectivity index (χ4n) is 3.13. The van der Waals surface area contributed by atoms with Crippen molar-refractivity contribution in [2.45, 2.75) is 55.7 Å². The zero-order chi connectivity index (χ0) is 18.2. The Balaban J connectivity index is 1.69. The van der Waals surface area contributed by atoms with Gasteiger partial charge in [0.05, 0.1) is 15.9 Å². The van der Waals surface area contributed by atoms with Crippen LogP contribution in [-0.2, 0) is 16.4 Å². The topological polar surface area (TPSA) is 66.4 Å². The van der Waals surface area contributed by atoms with Gasteiger partial charge in [0.15, 0.2) is 0 Å². The normalized spacial score (nSPS) is 22.4. The van der Waals surface area contributed by atoms with E-state index in [0.717, 1.165) is 17.5 Å². The van der Waals surface area contributed by atoms with Crippen LogP contribution in [0.5, 0.6) is 0 Å². The van der Waals surface area contributed by atoms with Crippen LogP contribution in [0.25, 0.3) is 0 Å². The minimum absolute atomic E-state index is 0.116. The van der Waals surface area contributed by atoms with E-state index in [4.69, 9.17) is 0 Å². The molecular weight excluding hydrogens is 334 g/mol. The first kappa shape index (κ1) is 18.1. The summed E-state index contributed by atoms with van der Waals surface area (Å²) in [4.78, 5) is 0.619. The van der Waals surface area contributed by atoms with Crippen molar-refractivity contribution in [1.82, 2.24) is 5.32 Å². The summed E-state index contributed by atoms with van der Waals surface area (Å²) in [7, 11) is -3.48. The molecule has 2 unspecified atom stereocenters. The minimum Gasteiger partial charge on any atom is -0.392 e. The number of sulfone groups is 1. The summed E-state index contributed by atoms with van der Waals surface area (Å²) in [5, 5.41) is 13.2. The van der Waals surface area contributed by atoms with Crippen LogP contribution in [-0.4, -0.2) is 25.7 Å². The van der Waals surface area contributed by atoms with Gasteiger partial charge >= 0.3 is 0 Å². The van der Waals surface area contributed by atoms with E-state index in [1.807, 2.05) is 19.1 Å². The summed E-state index contributed by atoms with van der Waals surface area (Å²) in [5.74, 6) is 0. The largest absolute Gasteiger partial charge is 0.392 e. The van der Waals surface area contributed by atoms with Gasteiger partial charge in [0.2, 0.25) is 9.84 Å². The molecule has 2 aromatic carbocycles. The Labute approximate surface area is 149 Å². The average Bonchev–Trinajstić information content (AvgIpc) is 2.59. The number of hydrogen-bond acceptors (Lipinski definition) is 4. The average molecular weight is 359 g/mol. The maximum absolute atomic E-state index is 12.7. The third-order valence-corrected chi connectivity index (χ3v) is 7.12. The minimum atomic E-state index is -3.48. The van der Waals surface area contributed by atoms with E-state index in [-0.39, 0.29) is 17.6 Å². The maximum atomic E-state index is 12.7. The number of aliphatic hydroxyl groups excluding tert-OH is 1. The second-order valence-corrected chi connectivity index (χ2v) is 9.42. The van der Waals surface area contributed by atoms with E-state index in [2.05, 4.69) is 19.2 Å². The van der Waals surface area contributed by atoms with Gasteiger partial charge in [-0.05, 0) is 43.2 Å². The van der Waals surface area contributed by atoms with Gasteiger partial charge in [0.1, 0.15) is 0 Å². The number of benzene rings is 2. The SMILES string of the molecule is Cc1ccc(S(=O)(=O)c2ccc(CNC3CC(O)C3(C)C)cc2)cc1. The van der Waals surface area contributed by atoms with Crippen LogP contribution in [0.4, 0.5) is 0 Å². The number of aryl methyl sites for hydroxylation is 1. The lowest BCUT2D eigenvalue weighted by Crippen LogP contribution is -2.59. The molecule has 0 spiro atoms. The zero-order valence-corrected chi connectivity index (χ0v) is 15.7. The third-order valence-electron chi connectivity index (χ3n) is 5.33. The van der Waals surface area contributed by atoms with Crippen molar-refractivity contribution in [3.05, 3.63) is 59.7 Å². The van der Waals surface area contributed by atoms with E-state index in [9.17, 15) is 13.5 Å². The van der Waals surface area contributed by atoms with Gasteiger partial charge in [-0.1, -0.05) is 43.7 Å². The lowest BCUT2D eigenvalue weighted by molar-refractivity contribution is -0.0729. The Morgan fingerprint density at radius 2 is 1.56 bits per heavy atom. The van der Waals surface area contributed by atoms with Crippen LogP contribution in [0, 0.1) is 12.3 Å². The highest BCUT2D eigenvalue weighted by atomic mass is 32.2. The molecule has 4 nitrogen and oxygen atoms in total. The molecule has 2 aromatic rings. The second kappa shape index (κ2) is 6.56. The number of aliphatic hydroxyl groups is 1. The first-order valence-electron chi connectivity index (χ1n) is 8.53. The van der Waals surface area contributed by atoms with E-state index in [1.165, 1.54) is 0 Å². The summed E-state index contributed by atoms with van der Waals surface area (Å²) >= 11 is 0. The molecular formula is C20H25NO3S. The molecule has 1 fully saturated rings. The lowest BCUT2D eigenvalue weighted by atomic mass is 9.64. The van der Waals surface area contributed by atoms with Crippen molar-refractivity contribution in [1.29, 1.82) is 0 Å². The molecule has 0 heterocycles. The molecule has 0 saturated heterocycles. The van der Waals surface area contributed by atoms with Crippen LogP contribution in [0.3, 0.4) is 0 Å². The molecule has 0 amide bonds. The highest BCUT2D eigenvalue weighted by Crippen LogP contribution is 2.40. The first-order chi connectivity index (χ1) is 11.7. The molecule has 1 aliphatic rings. The molecule has 134 valence electrons. The molecule has 3 rings (SSSR count). The zero-order valence-electron chi connectivity index (χ0n) is 14.9. The third kappa shape index (κ3) is 3.50. The summed E-state index contributed by atoms with van der Waals surface area (Å²) in [6.07, 6.45) is 0.499. The Morgan fingerprint density at radius 1 is 1.04 bits per heavy atom. The molecule has 1 aliphatic carbocycles. The van der Waals surface area contributed by atoms with Gasteiger partial charge < -0.3 is 10.4 Å². The molecule has 2 atom stereocenters. The lowest BCUT2D eigenvalue weighted by Gasteiger charge is -2.49. The van der Waals surface area contributed by atoms with Crippen molar-refractivity contribution in [2.24, 2.45) is 5.41 Å². The van der Waals surface area contributed by atoms with E-state index < -0.39 is 9.84 Å². The quantitative estimate of drug-likeness (QED) is 0.861. The van der Waals surface area contributed by atoms with Crippen LogP contribution in [0.15, 0.2) is 58.3 Å². The van der Waals surface area contributed by atoms with Gasteiger partial charge in [-0.25, -0.2) is 8.42 Å². The highest BCUT2D eigenvalue weighted by molar-refractivity contribution is 7.91. The number of hydrogen-bond donors (Lipinski definition) is 2. The molecule has 0 aliphatic heterocycles. The van der Waals surface area contributed by atoms with Gasteiger partial charge in [0.25, 0.3) is 0 Å². The second-order valence-electron chi connectivity index (χ2n) is 7.47. The van der Waals surface area contributed by atoms with Crippen molar-refractivity contribution < 1.29 is 13.5 Å². The molecule has 1 saturated carbocycles. The summed E-state index contributed by atoms with van der Waals surface area (Å²) in [6.45, 7) is 6.69. The Hall–Kier alpha value is -1.69. The van der Waals surface area contributed by atoms with Crippen molar-refractivity contribution in [3.63, 3.8) is 0 Å². The van der Waals surface area contributed by atoms with Crippen LogP contribution in [0.1, 0.15) is 31.4 Å². The predicted octanol–water partition coefficient (Wildman–Crippen LogP) is 3.08. The number of rotatable bonds is 5. The van der Waals surface area contributed by atoms with Gasteiger partial charge in [-0.3, -0.25) is 0 Å².